The van der Waals surface area contributed by atoms with E-state index in [-0.39, 0.29) is 0 Å². The highest BCUT2D eigenvalue weighted by molar-refractivity contribution is 5.35. The fourth-order valence-electron chi connectivity index (χ4n) is 2.86. The first-order valence-electron chi connectivity index (χ1n) is 7.24. The van der Waals surface area contributed by atoms with E-state index in [1.54, 1.807) is 7.11 Å². The van der Waals surface area contributed by atoms with Gasteiger partial charge in [0.15, 0.2) is 0 Å². The Hall–Kier alpha value is -1.06. The fraction of sp³-hybridized carbons (Fsp3) is 0.625. The normalized spacial score (nSPS) is 21.8. The van der Waals surface area contributed by atoms with Gasteiger partial charge in [-0.1, -0.05) is 18.2 Å². The lowest BCUT2D eigenvalue weighted by Gasteiger charge is -2.23. The molecule has 1 saturated heterocycles. The summed E-state index contributed by atoms with van der Waals surface area (Å²) in [4.78, 5) is 2.53. The summed E-state index contributed by atoms with van der Waals surface area (Å²) in [6, 6.07) is 9.83. The first-order valence-corrected chi connectivity index (χ1v) is 7.24. The van der Waals surface area contributed by atoms with Gasteiger partial charge in [-0.3, -0.25) is 4.90 Å². The molecule has 106 valence electrons. The Bertz CT molecular complexity index is 405. The van der Waals surface area contributed by atoms with Crippen LogP contribution in [0.5, 0.6) is 5.75 Å². The zero-order chi connectivity index (χ0) is 13.8. The standard InChI is InChI=1S/C16H26N2O/c1-12(2)18-10-9-14(11-18)17-13(3)15-7-5-6-8-16(15)19-4/h5-8,12-14,17H,9-11H2,1-4H3. The van der Waals surface area contributed by atoms with Gasteiger partial charge in [0.05, 0.1) is 7.11 Å². The summed E-state index contributed by atoms with van der Waals surface area (Å²) in [5.74, 6) is 0.973. The number of methoxy groups -OCH3 is 1. The summed E-state index contributed by atoms with van der Waals surface area (Å²) in [5, 5.41) is 3.73. The molecule has 2 atom stereocenters. The molecule has 1 N–H and O–H groups in total. The average molecular weight is 262 g/mol. The van der Waals surface area contributed by atoms with E-state index in [1.807, 2.05) is 12.1 Å². The van der Waals surface area contributed by atoms with E-state index in [4.69, 9.17) is 4.74 Å². The molecule has 1 fully saturated rings. The van der Waals surface area contributed by atoms with Crippen LogP contribution in [0.15, 0.2) is 24.3 Å². The third-order valence-corrected chi connectivity index (χ3v) is 4.04. The Balaban J connectivity index is 1.96. The molecule has 1 aromatic rings. The van der Waals surface area contributed by atoms with E-state index in [0.29, 0.717) is 18.1 Å². The molecule has 3 heteroatoms. The van der Waals surface area contributed by atoms with Gasteiger partial charge in [-0.2, -0.15) is 0 Å². The molecule has 1 aromatic carbocycles. The molecule has 3 nitrogen and oxygen atoms in total. The van der Waals surface area contributed by atoms with Crippen molar-refractivity contribution in [2.75, 3.05) is 20.2 Å². The van der Waals surface area contributed by atoms with E-state index in [1.165, 1.54) is 18.5 Å². The molecule has 1 heterocycles. The number of para-hydroxylation sites is 1. The van der Waals surface area contributed by atoms with Gasteiger partial charge in [0.25, 0.3) is 0 Å². The lowest BCUT2D eigenvalue weighted by molar-refractivity contribution is 0.265. The Kier molecular flexibility index (Phi) is 4.83. The van der Waals surface area contributed by atoms with Gasteiger partial charge in [0.1, 0.15) is 5.75 Å². The molecule has 0 saturated carbocycles. The second kappa shape index (κ2) is 6.40. The van der Waals surface area contributed by atoms with Crippen LogP contribution in [-0.2, 0) is 0 Å². The van der Waals surface area contributed by atoms with Crippen molar-refractivity contribution in [1.82, 2.24) is 10.2 Å². The maximum atomic E-state index is 5.44. The third kappa shape index (κ3) is 3.48. The van der Waals surface area contributed by atoms with Crippen molar-refractivity contribution in [3.05, 3.63) is 29.8 Å². The molecule has 1 aliphatic rings. The van der Waals surface area contributed by atoms with E-state index in [0.717, 1.165) is 12.3 Å². The molecule has 1 aliphatic heterocycles. The second-order valence-corrected chi connectivity index (χ2v) is 5.70. The zero-order valence-electron chi connectivity index (χ0n) is 12.5. The van der Waals surface area contributed by atoms with Crippen molar-refractivity contribution in [3.8, 4) is 5.75 Å². The Morgan fingerprint density at radius 2 is 2.00 bits per heavy atom. The van der Waals surface area contributed by atoms with Crippen molar-refractivity contribution in [2.24, 2.45) is 0 Å². The van der Waals surface area contributed by atoms with Gasteiger partial charge in [0.2, 0.25) is 0 Å². The van der Waals surface area contributed by atoms with Crippen LogP contribution in [0.25, 0.3) is 0 Å². The SMILES string of the molecule is COc1ccccc1C(C)NC1CCN(C(C)C)C1. The molecular formula is C16H26N2O. The van der Waals surface area contributed by atoms with Crippen molar-refractivity contribution >= 4 is 0 Å². The van der Waals surface area contributed by atoms with Crippen LogP contribution in [0, 0.1) is 0 Å². The molecule has 2 unspecified atom stereocenters. The number of hydrogen-bond donors (Lipinski definition) is 1. The minimum Gasteiger partial charge on any atom is -0.496 e. The molecule has 0 radical (unpaired) electrons. The summed E-state index contributed by atoms with van der Waals surface area (Å²) >= 11 is 0. The highest BCUT2D eigenvalue weighted by Crippen LogP contribution is 2.25. The second-order valence-electron chi connectivity index (χ2n) is 5.70. The minimum atomic E-state index is 0.327. The van der Waals surface area contributed by atoms with Gasteiger partial charge in [-0.25, -0.2) is 0 Å². The lowest BCUT2D eigenvalue weighted by Crippen LogP contribution is -2.36. The number of ether oxygens (including phenoxy) is 1. The predicted octanol–water partition coefficient (Wildman–Crippen LogP) is 2.83. The summed E-state index contributed by atoms with van der Waals surface area (Å²) in [7, 11) is 1.74. The van der Waals surface area contributed by atoms with E-state index in [2.05, 4.69) is 43.1 Å². The molecule has 2 rings (SSSR count). The van der Waals surface area contributed by atoms with Crippen LogP contribution in [0.2, 0.25) is 0 Å². The van der Waals surface area contributed by atoms with E-state index < -0.39 is 0 Å². The van der Waals surface area contributed by atoms with Crippen molar-refractivity contribution in [3.63, 3.8) is 0 Å². The Labute approximate surface area is 116 Å². The molecule has 0 amide bonds. The van der Waals surface area contributed by atoms with Crippen molar-refractivity contribution < 1.29 is 4.74 Å². The van der Waals surface area contributed by atoms with Crippen LogP contribution < -0.4 is 10.1 Å². The zero-order valence-corrected chi connectivity index (χ0v) is 12.5. The smallest absolute Gasteiger partial charge is 0.123 e. The quantitative estimate of drug-likeness (QED) is 0.883. The van der Waals surface area contributed by atoms with Gasteiger partial charge >= 0.3 is 0 Å². The number of rotatable bonds is 5. The predicted molar refractivity (Wildman–Crippen MR) is 79.7 cm³/mol. The molecule has 0 bridgehead atoms. The molecule has 19 heavy (non-hydrogen) atoms. The Morgan fingerprint density at radius 1 is 1.26 bits per heavy atom. The summed E-state index contributed by atoms with van der Waals surface area (Å²) < 4.78 is 5.44. The maximum Gasteiger partial charge on any atom is 0.123 e. The van der Waals surface area contributed by atoms with Crippen LogP contribution >= 0.6 is 0 Å². The maximum absolute atomic E-state index is 5.44. The monoisotopic (exact) mass is 262 g/mol. The summed E-state index contributed by atoms with van der Waals surface area (Å²) in [6.45, 7) is 9.11. The number of likely N-dealkylation sites (tertiary alicyclic amines) is 1. The van der Waals surface area contributed by atoms with Gasteiger partial charge in [-0.15, -0.1) is 0 Å². The van der Waals surface area contributed by atoms with Gasteiger partial charge in [-0.05, 0) is 39.8 Å². The first-order chi connectivity index (χ1) is 9.11. The number of benzene rings is 1. The average Bonchev–Trinajstić information content (AvgIpc) is 2.87. The number of nitrogens with one attached hydrogen (secondary N) is 1. The topological polar surface area (TPSA) is 24.5 Å². The number of nitrogens with zero attached hydrogens (tertiary/aromatic N) is 1. The fourth-order valence-corrected chi connectivity index (χ4v) is 2.86. The van der Waals surface area contributed by atoms with Gasteiger partial charge in [0, 0.05) is 30.2 Å². The van der Waals surface area contributed by atoms with Crippen LogP contribution in [0.3, 0.4) is 0 Å². The first kappa shape index (κ1) is 14.4. The van der Waals surface area contributed by atoms with Crippen LogP contribution in [-0.4, -0.2) is 37.2 Å². The number of hydrogen-bond acceptors (Lipinski definition) is 3. The molecule has 0 aliphatic carbocycles. The molecular weight excluding hydrogens is 236 g/mol. The molecule has 0 aromatic heterocycles. The lowest BCUT2D eigenvalue weighted by atomic mass is 10.1. The summed E-state index contributed by atoms with van der Waals surface area (Å²) in [6.07, 6.45) is 1.23. The third-order valence-electron chi connectivity index (χ3n) is 4.04. The van der Waals surface area contributed by atoms with E-state index >= 15 is 0 Å². The van der Waals surface area contributed by atoms with Gasteiger partial charge < -0.3 is 10.1 Å². The highest BCUT2D eigenvalue weighted by atomic mass is 16.5. The van der Waals surface area contributed by atoms with E-state index in [9.17, 15) is 0 Å². The van der Waals surface area contributed by atoms with Crippen molar-refractivity contribution in [2.45, 2.75) is 45.3 Å². The minimum absolute atomic E-state index is 0.327. The summed E-state index contributed by atoms with van der Waals surface area (Å²) in [5.41, 5.74) is 1.24. The Morgan fingerprint density at radius 3 is 2.63 bits per heavy atom. The van der Waals surface area contributed by atoms with Crippen LogP contribution in [0.1, 0.15) is 38.8 Å². The molecule has 0 spiro atoms. The highest BCUT2D eigenvalue weighted by Gasteiger charge is 2.25. The van der Waals surface area contributed by atoms with Crippen LogP contribution in [0.4, 0.5) is 0 Å². The van der Waals surface area contributed by atoms with Crippen molar-refractivity contribution in [1.29, 1.82) is 0 Å². The largest absolute Gasteiger partial charge is 0.496 e.